The number of ether oxygens (including phenoxy) is 1. The van der Waals surface area contributed by atoms with Crippen molar-refractivity contribution in [1.82, 2.24) is 13.9 Å². The highest BCUT2D eigenvalue weighted by Gasteiger charge is 2.21. The van der Waals surface area contributed by atoms with Gasteiger partial charge in [0.1, 0.15) is 17.1 Å². The van der Waals surface area contributed by atoms with Crippen LogP contribution >= 0.6 is 11.6 Å². The van der Waals surface area contributed by atoms with Gasteiger partial charge in [0.15, 0.2) is 0 Å². The second-order valence-electron chi connectivity index (χ2n) is 8.57. The van der Waals surface area contributed by atoms with Crippen molar-refractivity contribution in [1.29, 1.82) is 0 Å². The Balaban J connectivity index is 2.13. The molecule has 2 rings (SSSR count). The predicted molar refractivity (Wildman–Crippen MR) is 127 cm³/mol. The number of carbonyl (C=O) groups is 2. The Labute approximate surface area is 201 Å². The molecule has 1 aromatic carbocycles. The maximum atomic E-state index is 12.7. The van der Waals surface area contributed by atoms with Crippen molar-refractivity contribution in [3.8, 4) is 0 Å². The number of hydrogen-bond acceptors (Lipinski definition) is 6. The Bertz CT molecular complexity index is 1020. The lowest BCUT2D eigenvalue weighted by Crippen LogP contribution is -2.33. The minimum absolute atomic E-state index is 0.0486. The molecular formula is C22H30ClN4O5S-. The molecule has 0 saturated carbocycles. The van der Waals surface area contributed by atoms with Crippen LogP contribution in [0.4, 0.5) is 10.5 Å². The lowest BCUT2D eigenvalue weighted by Gasteiger charge is -2.23. The average molecular weight is 498 g/mol. The highest BCUT2D eigenvalue weighted by Crippen LogP contribution is 2.23. The van der Waals surface area contributed by atoms with Gasteiger partial charge in [-0.2, -0.15) is 0 Å². The van der Waals surface area contributed by atoms with E-state index in [9.17, 15) is 18.4 Å². The van der Waals surface area contributed by atoms with Gasteiger partial charge in [0, 0.05) is 23.5 Å². The zero-order valence-electron chi connectivity index (χ0n) is 19.5. The molecule has 33 heavy (non-hydrogen) atoms. The first kappa shape index (κ1) is 26.8. The van der Waals surface area contributed by atoms with Gasteiger partial charge in [-0.15, -0.1) is 0 Å². The molecule has 0 fully saturated rings. The molecule has 1 heterocycles. The minimum atomic E-state index is -2.67. The molecule has 2 amide bonds. The van der Waals surface area contributed by atoms with Crippen molar-refractivity contribution in [3.63, 3.8) is 0 Å². The number of anilines is 1. The van der Waals surface area contributed by atoms with Gasteiger partial charge in [-0.25, -0.2) is 9.78 Å². The molecule has 1 atom stereocenters. The maximum absolute atomic E-state index is 12.7. The largest absolute Gasteiger partial charge is 0.755 e. The van der Waals surface area contributed by atoms with Crippen LogP contribution in [0.1, 0.15) is 68.8 Å². The molecule has 0 bridgehead atoms. The smallest absolute Gasteiger partial charge is 0.412 e. The van der Waals surface area contributed by atoms with Gasteiger partial charge in [0.25, 0.3) is 5.91 Å². The van der Waals surface area contributed by atoms with E-state index in [0.29, 0.717) is 29.5 Å². The van der Waals surface area contributed by atoms with Gasteiger partial charge >= 0.3 is 6.09 Å². The number of carbonyl (C=O) groups excluding carboxylic acids is 2. The van der Waals surface area contributed by atoms with Crippen molar-refractivity contribution in [2.75, 3.05) is 11.9 Å². The number of aromatic nitrogens is 2. The first-order chi connectivity index (χ1) is 15.4. The van der Waals surface area contributed by atoms with Gasteiger partial charge in [-0.3, -0.25) is 18.6 Å². The number of aryl methyl sites for hydroxylation is 1. The molecule has 1 aromatic heterocycles. The molecule has 0 saturated heterocycles. The molecular weight excluding hydrogens is 468 g/mol. The van der Waals surface area contributed by atoms with E-state index >= 15 is 0 Å². The third-order valence-corrected chi connectivity index (χ3v) is 5.67. The van der Waals surface area contributed by atoms with Gasteiger partial charge in [0.2, 0.25) is 0 Å². The molecule has 0 spiro atoms. The van der Waals surface area contributed by atoms with Gasteiger partial charge < -0.3 is 13.9 Å². The number of nitrogens with one attached hydrogen (secondary N) is 1. The molecule has 0 radical (unpaired) electrons. The Morgan fingerprint density at radius 3 is 2.58 bits per heavy atom. The second-order valence-corrected chi connectivity index (χ2v) is 9.85. The molecule has 1 unspecified atom stereocenters. The van der Waals surface area contributed by atoms with Crippen LogP contribution in [0.3, 0.4) is 0 Å². The minimum Gasteiger partial charge on any atom is -0.755 e. The highest BCUT2D eigenvalue weighted by atomic mass is 35.5. The predicted octanol–water partition coefficient (Wildman–Crippen LogP) is 4.67. The van der Waals surface area contributed by atoms with Crippen molar-refractivity contribution in [2.45, 2.75) is 66.0 Å². The zero-order valence-corrected chi connectivity index (χ0v) is 21.1. The molecule has 0 aliphatic heterocycles. The summed E-state index contributed by atoms with van der Waals surface area (Å²) in [6.45, 7) is 9.46. The van der Waals surface area contributed by atoms with Crippen LogP contribution in [-0.4, -0.2) is 46.8 Å². The normalized spacial score (nSPS) is 12.3. The third kappa shape index (κ3) is 8.13. The van der Waals surface area contributed by atoms with Crippen molar-refractivity contribution >= 4 is 40.6 Å². The van der Waals surface area contributed by atoms with E-state index in [1.807, 2.05) is 6.92 Å². The fraction of sp³-hybridized carbons (Fsp3) is 0.500. The summed E-state index contributed by atoms with van der Waals surface area (Å²) in [7, 11) is 0. The van der Waals surface area contributed by atoms with Gasteiger partial charge in [-0.05, 0) is 51.8 Å². The van der Waals surface area contributed by atoms with Crippen molar-refractivity contribution < 1.29 is 23.1 Å². The molecule has 9 nitrogen and oxygen atoms in total. The van der Waals surface area contributed by atoms with E-state index in [0.717, 1.165) is 22.7 Å². The van der Waals surface area contributed by atoms with E-state index in [2.05, 4.69) is 10.3 Å². The quantitative estimate of drug-likeness (QED) is 0.397. The number of rotatable bonds is 9. The summed E-state index contributed by atoms with van der Waals surface area (Å²) in [5.41, 5.74) is 0.647. The Hall–Kier alpha value is -2.43. The van der Waals surface area contributed by atoms with Crippen LogP contribution in [0.15, 0.2) is 24.4 Å². The van der Waals surface area contributed by atoms with E-state index in [-0.39, 0.29) is 12.2 Å². The van der Waals surface area contributed by atoms with Gasteiger partial charge in [-0.1, -0.05) is 37.4 Å². The monoisotopic (exact) mass is 497 g/mol. The first-order valence-electron chi connectivity index (χ1n) is 10.6. The van der Waals surface area contributed by atoms with E-state index in [1.54, 1.807) is 50.5 Å². The summed E-state index contributed by atoms with van der Waals surface area (Å²) >= 11 is 3.73. The third-order valence-electron chi connectivity index (χ3n) is 4.61. The van der Waals surface area contributed by atoms with E-state index < -0.39 is 28.9 Å². The van der Waals surface area contributed by atoms with E-state index in [1.165, 1.54) is 6.20 Å². The number of amides is 2. The Morgan fingerprint density at radius 2 is 2.00 bits per heavy atom. The molecule has 11 heteroatoms. The topological polar surface area (TPSA) is 117 Å². The van der Waals surface area contributed by atoms with Crippen LogP contribution in [-0.2, 0) is 22.5 Å². The van der Waals surface area contributed by atoms with Crippen LogP contribution in [0.5, 0.6) is 0 Å². The standard InChI is InChI=1S/C22H31ClN4O5S/c1-6-7-8-11-27(33(30)31)20(28)19-14-26(15(2)24-19)13-16-9-10-17(12-18(16)23)25-21(29)32-22(3,4)5/h9-10,12,14H,6-8,11,13H2,1-5H3,(H,25,29)(H,30,31)/p-1. The van der Waals surface area contributed by atoms with Crippen LogP contribution in [0.2, 0.25) is 5.02 Å². The molecule has 182 valence electrons. The second kappa shape index (κ2) is 11.6. The zero-order chi connectivity index (χ0) is 24.8. The summed E-state index contributed by atoms with van der Waals surface area (Å²) in [5, 5.41) is 3.04. The summed E-state index contributed by atoms with van der Waals surface area (Å²) in [4.78, 5) is 28.9. The van der Waals surface area contributed by atoms with Crippen molar-refractivity contribution in [3.05, 3.63) is 46.5 Å². The van der Waals surface area contributed by atoms with Crippen LogP contribution in [0, 0.1) is 6.92 Å². The molecule has 0 aliphatic carbocycles. The number of nitrogens with zero attached hydrogens (tertiary/aromatic N) is 3. The van der Waals surface area contributed by atoms with Gasteiger partial charge in [0.05, 0.1) is 17.8 Å². The fourth-order valence-electron chi connectivity index (χ4n) is 3.01. The maximum Gasteiger partial charge on any atom is 0.412 e. The fourth-order valence-corrected chi connectivity index (χ4v) is 3.75. The Morgan fingerprint density at radius 1 is 1.30 bits per heavy atom. The van der Waals surface area contributed by atoms with E-state index in [4.69, 9.17) is 16.3 Å². The SMILES string of the molecule is CCCCCN(C(=O)c1cn(Cc2ccc(NC(=O)OC(C)(C)C)cc2Cl)c(C)n1)S(=O)[O-]. The van der Waals surface area contributed by atoms with Crippen LogP contribution < -0.4 is 5.32 Å². The number of unbranched alkanes of at least 4 members (excludes halogenated alkanes) is 2. The first-order valence-corrected chi connectivity index (χ1v) is 12.1. The lowest BCUT2D eigenvalue weighted by molar-refractivity contribution is 0.0635. The summed E-state index contributed by atoms with van der Waals surface area (Å²) in [6.07, 6.45) is 3.26. The average Bonchev–Trinajstić information content (AvgIpc) is 3.05. The number of halogens is 1. The molecule has 2 aromatic rings. The lowest BCUT2D eigenvalue weighted by atomic mass is 10.2. The number of hydrogen-bond donors (Lipinski definition) is 1. The summed E-state index contributed by atoms with van der Waals surface area (Å²) in [6, 6.07) is 5.05. The molecule has 0 aliphatic rings. The van der Waals surface area contributed by atoms with Crippen LogP contribution in [0.25, 0.3) is 0 Å². The number of benzene rings is 1. The van der Waals surface area contributed by atoms with Crippen molar-refractivity contribution in [2.24, 2.45) is 0 Å². The summed E-state index contributed by atoms with van der Waals surface area (Å²) < 4.78 is 30.8. The molecule has 1 N–H and O–H groups in total. The number of imidazole rings is 1. The summed E-state index contributed by atoms with van der Waals surface area (Å²) in [5.74, 6) is -0.125. The highest BCUT2D eigenvalue weighted by molar-refractivity contribution is 7.77. The Kier molecular flexibility index (Phi) is 9.45.